The van der Waals surface area contributed by atoms with E-state index in [1.807, 2.05) is 0 Å². The van der Waals surface area contributed by atoms with Gasteiger partial charge in [0.05, 0.1) is 15.7 Å². The van der Waals surface area contributed by atoms with E-state index >= 15 is 0 Å². The molecular weight excluding hydrogens is 233 g/mol. The highest BCUT2D eigenvalue weighted by molar-refractivity contribution is 6.39. The normalized spacial score (nSPS) is 9.67. The monoisotopic (exact) mass is 241 g/mol. The second-order valence-corrected chi connectivity index (χ2v) is 3.80. The standard InChI is InChI=1S/C11H9Cl2NO/c1-2-3-4-10(15)7-5-8(12)11(14)9(13)6-7/h1,5-6H,3-4,14H2. The van der Waals surface area contributed by atoms with Crippen molar-refractivity contribution < 1.29 is 4.79 Å². The molecule has 0 bridgehead atoms. The van der Waals surface area contributed by atoms with Gasteiger partial charge >= 0.3 is 0 Å². The van der Waals surface area contributed by atoms with E-state index in [0.717, 1.165) is 0 Å². The van der Waals surface area contributed by atoms with Crippen LogP contribution in [0.5, 0.6) is 0 Å². The Labute approximate surface area is 98.4 Å². The van der Waals surface area contributed by atoms with Gasteiger partial charge in [-0.3, -0.25) is 4.79 Å². The molecule has 0 aliphatic carbocycles. The van der Waals surface area contributed by atoms with E-state index in [9.17, 15) is 4.79 Å². The number of terminal acetylenes is 1. The number of hydrogen-bond acceptors (Lipinski definition) is 2. The summed E-state index contributed by atoms with van der Waals surface area (Å²) in [4.78, 5) is 11.6. The zero-order valence-corrected chi connectivity index (χ0v) is 9.40. The van der Waals surface area contributed by atoms with Crippen LogP contribution in [0.15, 0.2) is 12.1 Å². The summed E-state index contributed by atoms with van der Waals surface area (Å²) in [6.07, 6.45) is 5.75. The van der Waals surface area contributed by atoms with Gasteiger partial charge in [0.25, 0.3) is 0 Å². The van der Waals surface area contributed by atoms with Crippen molar-refractivity contribution in [3.63, 3.8) is 0 Å². The Bertz CT molecular complexity index is 412. The quantitative estimate of drug-likeness (QED) is 0.502. The molecule has 0 saturated heterocycles. The Kier molecular flexibility index (Phi) is 4.02. The summed E-state index contributed by atoms with van der Waals surface area (Å²) < 4.78 is 0. The number of carbonyl (C=O) groups excluding carboxylic acids is 1. The first kappa shape index (κ1) is 11.9. The molecule has 0 spiro atoms. The predicted octanol–water partition coefficient (Wildman–Crippen LogP) is 3.17. The van der Waals surface area contributed by atoms with E-state index in [1.54, 1.807) is 0 Å². The number of hydrogen-bond donors (Lipinski definition) is 1. The topological polar surface area (TPSA) is 43.1 Å². The lowest BCUT2D eigenvalue weighted by Gasteiger charge is -2.04. The Morgan fingerprint density at radius 2 is 1.93 bits per heavy atom. The number of halogens is 2. The van der Waals surface area contributed by atoms with Gasteiger partial charge in [0.15, 0.2) is 5.78 Å². The molecule has 0 amide bonds. The van der Waals surface area contributed by atoms with Gasteiger partial charge in [-0.25, -0.2) is 0 Å². The van der Waals surface area contributed by atoms with E-state index < -0.39 is 0 Å². The van der Waals surface area contributed by atoms with Crippen LogP contribution in [-0.4, -0.2) is 5.78 Å². The Hall–Kier alpha value is -1.17. The van der Waals surface area contributed by atoms with Gasteiger partial charge in [-0.2, -0.15) is 0 Å². The number of anilines is 1. The number of benzene rings is 1. The largest absolute Gasteiger partial charge is 0.396 e. The third-order valence-corrected chi connectivity index (χ3v) is 2.52. The highest BCUT2D eigenvalue weighted by Gasteiger charge is 2.10. The maximum absolute atomic E-state index is 11.6. The summed E-state index contributed by atoms with van der Waals surface area (Å²) in [5.74, 6) is 2.31. The fourth-order valence-corrected chi connectivity index (χ4v) is 1.56. The lowest BCUT2D eigenvalue weighted by atomic mass is 10.1. The first-order valence-electron chi connectivity index (χ1n) is 4.27. The van der Waals surface area contributed by atoms with E-state index in [4.69, 9.17) is 35.4 Å². The maximum Gasteiger partial charge on any atom is 0.163 e. The van der Waals surface area contributed by atoms with E-state index in [2.05, 4.69) is 5.92 Å². The number of nitrogen functional groups attached to an aromatic ring is 1. The van der Waals surface area contributed by atoms with Gasteiger partial charge in [0.2, 0.25) is 0 Å². The van der Waals surface area contributed by atoms with Crippen LogP contribution in [0.3, 0.4) is 0 Å². The number of Topliss-reactive ketones (excluding diaryl/α,β-unsaturated/α-hetero) is 1. The van der Waals surface area contributed by atoms with E-state index in [-0.39, 0.29) is 27.9 Å². The lowest BCUT2D eigenvalue weighted by molar-refractivity contribution is 0.0984. The highest BCUT2D eigenvalue weighted by Crippen LogP contribution is 2.29. The fourth-order valence-electron chi connectivity index (χ4n) is 1.08. The smallest absolute Gasteiger partial charge is 0.163 e. The minimum absolute atomic E-state index is 0.0863. The second-order valence-electron chi connectivity index (χ2n) is 2.98. The average Bonchev–Trinajstić information content (AvgIpc) is 2.21. The van der Waals surface area contributed by atoms with Crippen molar-refractivity contribution >= 4 is 34.7 Å². The lowest BCUT2D eigenvalue weighted by Crippen LogP contribution is -2.00. The summed E-state index contributed by atoms with van der Waals surface area (Å²) >= 11 is 11.6. The second kappa shape index (κ2) is 5.06. The Morgan fingerprint density at radius 3 is 2.40 bits per heavy atom. The van der Waals surface area contributed by atoms with Crippen LogP contribution < -0.4 is 5.73 Å². The molecule has 0 atom stereocenters. The SMILES string of the molecule is C#CCCC(=O)c1cc(Cl)c(N)c(Cl)c1. The summed E-state index contributed by atoms with van der Waals surface area (Å²) in [5, 5.41) is 0.568. The van der Waals surface area contributed by atoms with Crippen LogP contribution >= 0.6 is 23.2 Å². The van der Waals surface area contributed by atoms with Gasteiger partial charge in [-0.05, 0) is 12.1 Å². The van der Waals surface area contributed by atoms with Gasteiger partial charge in [0.1, 0.15) is 0 Å². The molecule has 2 N–H and O–H groups in total. The molecule has 4 heteroatoms. The molecule has 15 heavy (non-hydrogen) atoms. The zero-order chi connectivity index (χ0) is 11.4. The number of rotatable bonds is 3. The highest BCUT2D eigenvalue weighted by atomic mass is 35.5. The zero-order valence-electron chi connectivity index (χ0n) is 7.89. The first-order chi connectivity index (χ1) is 7.06. The van der Waals surface area contributed by atoms with Crippen molar-refractivity contribution in [3.8, 4) is 12.3 Å². The summed E-state index contributed by atoms with van der Waals surface area (Å²) in [7, 11) is 0. The third-order valence-electron chi connectivity index (χ3n) is 1.90. The molecule has 0 aliphatic heterocycles. The third kappa shape index (κ3) is 2.89. The van der Waals surface area contributed by atoms with Gasteiger partial charge < -0.3 is 5.73 Å². The van der Waals surface area contributed by atoms with Crippen molar-refractivity contribution in [1.82, 2.24) is 0 Å². The molecule has 1 aromatic rings. The van der Waals surface area contributed by atoms with Crippen LogP contribution in [0.25, 0.3) is 0 Å². The fraction of sp³-hybridized carbons (Fsp3) is 0.182. The molecule has 0 unspecified atom stereocenters. The van der Waals surface area contributed by atoms with Crippen LogP contribution in [-0.2, 0) is 0 Å². The van der Waals surface area contributed by atoms with Gasteiger partial charge in [-0.15, -0.1) is 12.3 Å². The molecule has 0 aliphatic rings. The number of nitrogens with two attached hydrogens (primary N) is 1. The van der Waals surface area contributed by atoms with Crippen LogP contribution in [0.2, 0.25) is 10.0 Å². The molecule has 0 aromatic heterocycles. The van der Waals surface area contributed by atoms with Crippen molar-refractivity contribution in [2.75, 3.05) is 5.73 Å². The van der Waals surface area contributed by atoms with Gasteiger partial charge in [0, 0.05) is 18.4 Å². The number of carbonyl (C=O) groups is 1. The van der Waals surface area contributed by atoms with E-state index in [1.165, 1.54) is 12.1 Å². The first-order valence-corrected chi connectivity index (χ1v) is 5.03. The molecule has 0 fully saturated rings. The molecule has 0 radical (unpaired) electrons. The molecule has 78 valence electrons. The minimum atomic E-state index is -0.0863. The van der Waals surface area contributed by atoms with Crippen LogP contribution in [0, 0.1) is 12.3 Å². The van der Waals surface area contributed by atoms with Crippen LogP contribution in [0.1, 0.15) is 23.2 Å². The van der Waals surface area contributed by atoms with Crippen molar-refractivity contribution in [3.05, 3.63) is 27.7 Å². The summed E-state index contributed by atoms with van der Waals surface area (Å²) in [5.41, 5.74) is 6.27. The average molecular weight is 242 g/mol. The minimum Gasteiger partial charge on any atom is -0.396 e. The molecule has 1 rings (SSSR count). The molecule has 0 heterocycles. The Morgan fingerprint density at radius 1 is 1.40 bits per heavy atom. The van der Waals surface area contributed by atoms with Crippen molar-refractivity contribution in [1.29, 1.82) is 0 Å². The molecular formula is C11H9Cl2NO. The van der Waals surface area contributed by atoms with Gasteiger partial charge in [-0.1, -0.05) is 23.2 Å². The molecule has 2 nitrogen and oxygen atoms in total. The predicted molar refractivity (Wildman–Crippen MR) is 63.3 cm³/mol. The molecule has 1 aromatic carbocycles. The van der Waals surface area contributed by atoms with Crippen molar-refractivity contribution in [2.24, 2.45) is 0 Å². The summed E-state index contributed by atoms with van der Waals surface area (Å²) in [6.45, 7) is 0. The van der Waals surface area contributed by atoms with Crippen molar-refractivity contribution in [2.45, 2.75) is 12.8 Å². The maximum atomic E-state index is 11.6. The molecule has 0 saturated carbocycles. The number of ketones is 1. The van der Waals surface area contributed by atoms with E-state index in [0.29, 0.717) is 12.0 Å². The van der Waals surface area contributed by atoms with Crippen LogP contribution in [0.4, 0.5) is 5.69 Å². The Balaban J connectivity index is 2.97. The summed E-state index contributed by atoms with van der Waals surface area (Å²) in [6, 6.07) is 3.00.